The van der Waals surface area contributed by atoms with E-state index in [0.29, 0.717) is 29.1 Å². The van der Waals surface area contributed by atoms with Gasteiger partial charge in [0, 0.05) is 24.6 Å². The largest absolute Gasteiger partial charge is 0.341 e. The number of nitrogens with zero attached hydrogens (tertiary/aromatic N) is 3. The van der Waals surface area contributed by atoms with Crippen LogP contribution in [0.4, 0.5) is 0 Å². The van der Waals surface area contributed by atoms with Crippen LogP contribution >= 0.6 is 39.0 Å². The van der Waals surface area contributed by atoms with Gasteiger partial charge in [0.15, 0.2) is 5.16 Å². The number of thioether (sulfide) groups is 1. The van der Waals surface area contributed by atoms with Crippen molar-refractivity contribution in [1.29, 1.82) is 0 Å². The lowest BCUT2D eigenvalue weighted by molar-refractivity contribution is -0.127. The van der Waals surface area contributed by atoms with Crippen LogP contribution in [0.15, 0.2) is 49.4 Å². The van der Waals surface area contributed by atoms with Crippen LogP contribution in [0.3, 0.4) is 0 Å². The third kappa shape index (κ3) is 4.19. The molecule has 1 aromatic carbocycles. The van der Waals surface area contributed by atoms with Gasteiger partial charge >= 0.3 is 0 Å². The summed E-state index contributed by atoms with van der Waals surface area (Å²) in [6, 6.07) is 7.47. The van der Waals surface area contributed by atoms with Crippen molar-refractivity contribution in [2.24, 2.45) is 0 Å². The Kier molecular flexibility index (Phi) is 6.16. The summed E-state index contributed by atoms with van der Waals surface area (Å²) in [4.78, 5) is 31.4. The van der Waals surface area contributed by atoms with Gasteiger partial charge in [0.05, 0.1) is 16.7 Å². The van der Waals surface area contributed by atoms with Crippen molar-refractivity contribution in [2.45, 2.75) is 25.2 Å². The molecular formula is C18H18BrN3O2S2. The number of rotatable bonds is 6. The highest BCUT2D eigenvalue weighted by Gasteiger charge is 2.15. The standard InChI is InChI=1S/C18H18BrN3O2S2/c1-3-22-17(24)14-8-13(19)4-5-15(14)20-18(22)26-11-16(23)21(2)9-12-6-7-25-10-12/h4-8,10H,3,9,11H2,1-2H3. The number of benzene rings is 1. The Morgan fingerprint density at radius 3 is 2.88 bits per heavy atom. The topological polar surface area (TPSA) is 55.2 Å². The minimum atomic E-state index is -0.0830. The molecule has 2 heterocycles. The Morgan fingerprint density at radius 2 is 2.19 bits per heavy atom. The molecule has 0 atom stereocenters. The first-order chi connectivity index (χ1) is 12.5. The van der Waals surface area contributed by atoms with Crippen molar-refractivity contribution in [1.82, 2.24) is 14.5 Å². The van der Waals surface area contributed by atoms with E-state index in [4.69, 9.17) is 0 Å². The van der Waals surface area contributed by atoms with E-state index in [1.807, 2.05) is 35.9 Å². The summed E-state index contributed by atoms with van der Waals surface area (Å²) in [5.74, 6) is 0.253. The van der Waals surface area contributed by atoms with Crippen molar-refractivity contribution in [3.05, 3.63) is 55.4 Å². The number of thiophene rings is 1. The summed E-state index contributed by atoms with van der Waals surface area (Å²) in [5.41, 5.74) is 1.68. The fraction of sp³-hybridized carbons (Fsp3) is 0.278. The van der Waals surface area contributed by atoms with E-state index in [1.54, 1.807) is 33.9 Å². The predicted octanol–water partition coefficient (Wildman–Crippen LogP) is 3.99. The Balaban J connectivity index is 1.78. The molecule has 0 unspecified atom stereocenters. The number of hydrogen-bond acceptors (Lipinski definition) is 5. The summed E-state index contributed by atoms with van der Waals surface area (Å²) >= 11 is 6.31. The van der Waals surface area contributed by atoms with Crippen LogP contribution in [0.2, 0.25) is 0 Å². The molecule has 3 aromatic rings. The maximum atomic E-state index is 12.7. The second-order valence-corrected chi connectivity index (χ2v) is 8.41. The summed E-state index contributed by atoms with van der Waals surface area (Å²) in [5, 5.41) is 5.19. The molecule has 0 saturated heterocycles. The molecule has 1 amide bonds. The molecule has 136 valence electrons. The first kappa shape index (κ1) is 19.1. The zero-order valence-electron chi connectivity index (χ0n) is 14.4. The number of hydrogen-bond donors (Lipinski definition) is 0. The number of fused-ring (bicyclic) bond motifs is 1. The van der Waals surface area contributed by atoms with E-state index >= 15 is 0 Å². The van der Waals surface area contributed by atoms with E-state index in [9.17, 15) is 9.59 Å². The van der Waals surface area contributed by atoms with Gasteiger partial charge in [-0.1, -0.05) is 27.7 Å². The number of carbonyl (C=O) groups is 1. The highest BCUT2D eigenvalue weighted by atomic mass is 79.9. The van der Waals surface area contributed by atoms with Crippen LogP contribution in [0.1, 0.15) is 12.5 Å². The highest BCUT2D eigenvalue weighted by molar-refractivity contribution is 9.10. The lowest BCUT2D eigenvalue weighted by Crippen LogP contribution is -2.28. The molecule has 5 nitrogen and oxygen atoms in total. The van der Waals surface area contributed by atoms with Crippen molar-refractivity contribution in [3.8, 4) is 0 Å². The number of halogens is 1. The fourth-order valence-corrected chi connectivity index (χ4v) is 4.57. The zero-order chi connectivity index (χ0) is 18.7. The van der Waals surface area contributed by atoms with Gasteiger partial charge in [-0.25, -0.2) is 4.98 Å². The van der Waals surface area contributed by atoms with E-state index < -0.39 is 0 Å². The first-order valence-electron chi connectivity index (χ1n) is 8.07. The first-order valence-corrected chi connectivity index (χ1v) is 10.8. The monoisotopic (exact) mass is 451 g/mol. The third-order valence-electron chi connectivity index (χ3n) is 3.95. The van der Waals surface area contributed by atoms with Gasteiger partial charge < -0.3 is 4.90 Å². The van der Waals surface area contributed by atoms with Gasteiger partial charge in [-0.2, -0.15) is 11.3 Å². The smallest absolute Gasteiger partial charge is 0.262 e. The summed E-state index contributed by atoms with van der Waals surface area (Å²) < 4.78 is 2.46. The maximum absolute atomic E-state index is 12.7. The van der Waals surface area contributed by atoms with E-state index in [1.165, 1.54) is 11.8 Å². The molecule has 0 fully saturated rings. The molecule has 0 aliphatic carbocycles. The van der Waals surface area contributed by atoms with E-state index in [0.717, 1.165) is 10.0 Å². The van der Waals surface area contributed by atoms with Crippen molar-refractivity contribution in [2.75, 3.05) is 12.8 Å². The van der Waals surface area contributed by atoms with Crippen LogP contribution in [-0.2, 0) is 17.9 Å². The normalized spacial score (nSPS) is 11.0. The maximum Gasteiger partial charge on any atom is 0.262 e. The second-order valence-electron chi connectivity index (χ2n) is 5.78. The second kappa shape index (κ2) is 8.37. The Bertz CT molecular complexity index is 986. The van der Waals surface area contributed by atoms with Crippen molar-refractivity contribution in [3.63, 3.8) is 0 Å². The van der Waals surface area contributed by atoms with E-state index in [2.05, 4.69) is 20.9 Å². The van der Waals surface area contributed by atoms with Crippen LogP contribution in [0, 0.1) is 0 Å². The Morgan fingerprint density at radius 1 is 1.38 bits per heavy atom. The lowest BCUT2D eigenvalue weighted by Gasteiger charge is -2.17. The predicted molar refractivity (Wildman–Crippen MR) is 111 cm³/mol. The zero-order valence-corrected chi connectivity index (χ0v) is 17.7. The van der Waals surface area contributed by atoms with E-state index in [-0.39, 0.29) is 17.2 Å². The quantitative estimate of drug-likeness (QED) is 0.419. The van der Waals surface area contributed by atoms with Gasteiger partial charge in [0.25, 0.3) is 5.56 Å². The minimum Gasteiger partial charge on any atom is -0.341 e. The average Bonchev–Trinajstić information content (AvgIpc) is 3.13. The molecule has 0 aliphatic rings. The average molecular weight is 452 g/mol. The Hall–Kier alpha value is -1.64. The molecule has 0 aliphatic heterocycles. The van der Waals surface area contributed by atoms with Crippen LogP contribution in [0.25, 0.3) is 10.9 Å². The molecule has 0 radical (unpaired) electrons. The van der Waals surface area contributed by atoms with Crippen LogP contribution < -0.4 is 5.56 Å². The van der Waals surface area contributed by atoms with Crippen LogP contribution in [0.5, 0.6) is 0 Å². The van der Waals surface area contributed by atoms with Gasteiger partial charge in [0.2, 0.25) is 5.91 Å². The van der Waals surface area contributed by atoms with Crippen LogP contribution in [-0.4, -0.2) is 33.2 Å². The molecule has 0 spiro atoms. The summed E-state index contributed by atoms with van der Waals surface area (Å²) in [6.07, 6.45) is 0. The Labute approximate surface area is 168 Å². The third-order valence-corrected chi connectivity index (χ3v) is 6.13. The number of carbonyl (C=O) groups excluding carboxylic acids is 1. The molecule has 0 saturated carbocycles. The molecule has 0 bridgehead atoms. The van der Waals surface area contributed by atoms with Gasteiger partial charge in [-0.15, -0.1) is 0 Å². The van der Waals surface area contributed by atoms with Gasteiger partial charge in [0.1, 0.15) is 0 Å². The van der Waals surface area contributed by atoms with Crippen molar-refractivity contribution >= 4 is 55.8 Å². The summed E-state index contributed by atoms with van der Waals surface area (Å²) in [7, 11) is 1.79. The van der Waals surface area contributed by atoms with Gasteiger partial charge in [-0.3, -0.25) is 14.2 Å². The highest BCUT2D eigenvalue weighted by Crippen LogP contribution is 2.21. The SMILES string of the molecule is CCn1c(SCC(=O)N(C)Cc2ccsc2)nc2ccc(Br)cc2c1=O. The molecule has 26 heavy (non-hydrogen) atoms. The minimum absolute atomic E-state index is 0.00834. The molecule has 2 aromatic heterocycles. The lowest BCUT2D eigenvalue weighted by atomic mass is 10.2. The molecule has 3 rings (SSSR count). The molecule has 8 heteroatoms. The molecular weight excluding hydrogens is 434 g/mol. The molecule has 0 N–H and O–H groups in total. The number of amides is 1. The number of aromatic nitrogens is 2. The van der Waals surface area contributed by atoms with Crippen molar-refractivity contribution < 1.29 is 4.79 Å². The van der Waals surface area contributed by atoms with Gasteiger partial charge in [-0.05, 0) is 47.5 Å². The summed E-state index contributed by atoms with van der Waals surface area (Å²) in [6.45, 7) is 3.00. The fourth-order valence-electron chi connectivity index (χ4n) is 2.54.